The fourth-order valence-corrected chi connectivity index (χ4v) is 2.91. The molecular formula is C17H22N4O. The number of nitrogens with zero attached hydrogens (tertiary/aromatic N) is 3. The molecule has 2 aromatic rings. The van der Waals surface area contributed by atoms with Crippen LogP contribution in [0.5, 0.6) is 0 Å². The fourth-order valence-electron chi connectivity index (χ4n) is 2.91. The molecule has 0 saturated heterocycles. The number of hydrogen-bond donors (Lipinski definition) is 1. The molecule has 5 nitrogen and oxygen atoms in total. The normalized spacial score (nSPS) is 14.9. The van der Waals surface area contributed by atoms with Crippen molar-refractivity contribution in [3.63, 3.8) is 0 Å². The van der Waals surface area contributed by atoms with Crippen LogP contribution in [0.2, 0.25) is 0 Å². The molecule has 2 heterocycles. The Labute approximate surface area is 130 Å². The molecule has 22 heavy (non-hydrogen) atoms. The van der Waals surface area contributed by atoms with Crippen LogP contribution in [0.25, 0.3) is 0 Å². The maximum atomic E-state index is 12.4. The Bertz CT molecular complexity index is 623. The molecule has 0 radical (unpaired) electrons. The smallest absolute Gasteiger partial charge is 0.228 e. The van der Waals surface area contributed by atoms with Crippen LogP contribution in [0, 0.1) is 0 Å². The number of para-hydroxylation sites is 1. The minimum absolute atomic E-state index is 0.198. The third kappa shape index (κ3) is 3.36. The molecule has 3 rings (SSSR count). The van der Waals surface area contributed by atoms with Gasteiger partial charge in [0, 0.05) is 43.6 Å². The van der Waals surface area contributed by atoms with Crippen LogP contribution in [0.1, 0.15) is 18.9 Å². The van der Waals surface area contributed by atoms with Crippen molar-refractivity contribution < 1.29 is 4.79 Å². The summed E-state index contributed by atoms with van der Waals surface area (Å²) in [5.74, 6) is 0.198. The Morgan fingerprint density at radius 3 is 3.05 bits per heavy atom. The van der Waals surface area contributed by atoms with Crippen LogP contribution in [-0.4, -0.2) is 34.8 Å². The predicted molar refractivity (Wildman–Crippen MR) is 86.8 cm³/mol. The van der Waals surface area contributed by atoms with Crippen molar-refractivity contribution in [2.45, 2.75) is 32.4 Å². The number of amides is 1. The van der Waals surface area contributed by atoms with Gasteiger partial charge in [0.15, 0.2) is 0 Å². The maximum absolute atomic E-state index is 12.4. The highest BCUT2D eigenvalue weighted by Crippen LogP contribution is 2.27. The average Bonchev–Trinajstić information content (AvgIpc) is 3.16. The van der Waals surface area contributed by atoms with Crippen LogP contribution < -0.4 is 10.2 Å². The van der Waals surface area contributed by atoms with Crippen molar-refractivity contribution in [2.75, 3.05) is 18.0 Å². The van der Waals surface area contributed by atoms with E-state index in [1.165, 1.54) is 5.56 Å². The van der Waals surface area contributed by atoms with E-state index in [0.717, 1.165) is 25.2 Å². The summed E-state index contributed by atoms with van der Waals surface area (Å²) in [6, 6.07) is 10.4. The largest absolute Gasteiger partial charge is 0.312 e. The molecule has 1 aromatic heterocycles. The lowest BCUT2D eigenvalue weighted by atomic mass is 10.2. The molecule has 1 N–H and O–H groups in total. The second kappa shape index (κ2) is 6.75. The van der Waals surface area contributed by atoms with Gasteiger partial charge in [-0.05, 0) is 31.0 Å². The number of benzene rings is 1. The second-order valence-corrected chi connectivity index (χ2v) is 5.76. The quantitative estimate of drug-likeness (QED) is 0.885. The van der Waals surface area contributed by atoms with Crippen molar-refractivity contribution in [1.29, 1.82) is 0 Å². The van der Waals surface area contributed by atoms with Gasteiger partial charge in [-0.15, -0.1) is 0 Å². The van der Waals surface area contributed by atoms with E-state index in [1.807, 2.05) is 40.0 Å². The molecule has 0 aliphatic carbocycles. The molecule has 0 bridgehead atoms. The number of nitrogens with one attached hydrogen (secondary N) is 1. The Hall–Kier alpha value is -2.14. The van der Waals surface area contributed by atoms with Crippen molar-refractivity contribution >= 4 is 11.6 Å². The lowest BCUT2D eigenvalue weighted by Crippen LogP contribution is -2.36. The van der Waals surface area contributed by atoms with E-state index in [0.29, 0.717) is 19.0 Å². The summed E-state index contributed by atoms with van der Waals surface area (Å²) in [4.78, 5) is 14.3. The van der Waals surface area contributed by atoms with Crippen LogP contribution in [-0.2, 0) is 17.8 Å². The summed E-state index contributed by atoms with van der Waals surface area (Å²) in [5, 5.41) is 7.58. The number of rotatable bonds is 6. The zero-order chi connectivity index (χ0) is 15.4. The van der Waals surface area contributed by atoms with E-state index in [1.54, 1.807) is 6.20 Å². The molecular weight excluding hydrogens is 276 g/mol. The first kappa shape index (κ1) is 14.8. The van der Waals surface area contributed by atoms with Gasteiger partial charge in [-0.1, -0.05) is 18.2 Å². The molecule has 1 atom stereocenters. The monoisotopic (exact) mass is 298 g/mol. The minimum Gasteiger partial charge on any atom is -0.312 e. The molecule has 1 aliphatic rings. The molecule has 1 unspecified atom stereocenters. The summed E-state index contributed by atoms with van der Waals surface area (Å²) in [6.45, 7) is 4.42. The predicted octanol–water partition coefficient (Wildman–Crippen LogP) is 1.84. The lowest BCUT2D eigenvalue weighted by Gasteiger charge is -2.19. The number of carbonyl (C=O) groups excluding carboxylic acids is 1. The van der Waals surface area contributed by atoms with Crippen LogP contribution in [0.4, 0.5) is 5.69 Å². The maximum Gasteiger partial charge on any atom is 0.228 e. The summed E-state index contributed by atoms with van der Waals surface area (Å²) in [5.41, 5.74) is 2.35. The molecule has 1 aromatic carbocycles. The van der Waals surface area contributed by atoms with Gasteiger partial charge < -0.3 is 10.2 Å². The Morgan fingerprint density at radius 1 is 1.36 bits per heavy atom. The molecule has 116 valence electrons. The van der Waals surface area contributed by atoms with Gasteiger partial charge in [-0.3, -0.25) is 9.48 Å². The highest BCUT2D eigenvalue weighted by Gasteiger charge is 2.23. The Morgan fingerprint density at radius 2 is 2.23 bits per heavy atom. The van der Waals surface area contributed by atoms with Crippen molar-refractivity contribution in [2.24, 2.45) is 0 Å². The summed E-state index contributed by atoms with van der Waals surface area (Å²) >= 11 is 0. The van der Waals surface area contributed by atoms with Gasteiger partial charge >= 0.3 is 0 Å². The zero-order valence-corrected chi connectivity index (χ0v) is 12.9. The van der Waals surface area contributed by atoms with E-state index >= 15 is 0 Å². The van der Waals surface area contributed by atoms with Crippen LogP contribution in [0.15, 0.2) is 42.7 Å². The topological polar surface area (TPSA) is 50.2 Å². The SMILES string of the molecule is CC(Cn1cccn1)NCCC(=O)N1CCc2ccccc21. The van der Waals surface area contributed by atoms with Gasteiger partial charge in [-0.2, -0.15) is 5.10 Å². The first-order valence-corrected chi connectivity index (χ1v) is 7.83. The number of anilines is 1. The van der Waals surface area contributed by atoms with Gasteiger partial charge in [-0.25, -0.2) is 0 Å². The van der Waals surface area contributed by atoms with Crippen molar-refractivity contribution in [1.82, 2.24) is 15.1 Å². The van der Waals surface area contributed by atoms with E-state index in [2.05, 4.69) is 23.4 Å². The van der Waals surface area contributed by atoms with Crippen molar-refractivity contribution in [3.05, 3.63) is 48.3 Å². The zero-order valence-electron chi connectivity index (χ0n) is 12.9. The molecule has 1 amide bonds. The minimum atomic E-state index is 0.198. The average molecular weight is 298 g/mol. The summed E-state index contributed by atoms with van der Waals surface area (Å²) < 4.78 is 1.90. The summed E-state index contributed by atoms with van der Waals surface area (Å²) in [6.07, 6.45) is 5.22. The number of hydrogen-bond acceptors (Lipinski definition) is 3. The molecule has 1 aliphatic heterocycles. The fraction of sp³-hybridized carbons (Fsp3) is 0.412. The second-order valence-electron chi connectivity index (χ2n) is 5.76. The highest BCUT2D eigenvalue weighted by atomic mass is 16.2. The first-order chi connectivity index (χ1) is 10.7. The molecule has 0 saturated carbocycles. The first-order valence-electron chi connectivity index (χ1n) is 7.83. The standard InChI is InChI=1S/C17H22N4O/c1-14(13-20-11-4-9-19-20)18-10-7-17(22)21-12-8-15-5-2-3-6-16(15)21/h2-6,9,11,14,18H,7-8,10,12-13H2,1H3. The third-order valence-electron chi connectivity index (χ3n) is 4.04. The van der Waals surface area contributed by atoms with Gasteiger partial charge in [0.05, 0.1) is 6.54 Å². The van der Waals surface area contributed by atoms with Crippen LogP contribution >= 0.6 is 0 Å². The van der Waals surface area contributed by atoms with Gasteiger partial charge in [0.25, 0.3) is 0 Å². The number of carbonyl (C=O) groups is 1. The number of fused-ring (bicyclic) bond motifs is 1. The Balaban J connectivity index is 1.45. The molecule has 0 fully saturated rings. The number of aromatic nitrogens is 2. The third-order valence-corrected chi connectivity index (χ3v) is 4.04. The van der Waals surface area contributed by atoms with Crippen LogP contribution in [0.3, 0.4) is 0 Å². The Kier molecular flexibility index (Phi) is 4.53. The van der Waals surface area contributed by atoms with E-state index < -0.39 is 0 Å². The van der Waals surface area contributed by atoms with E-state index in [-0.39, 0.29) is 5.91 Å². The molecule has 0 spiro atoms. The highest BCUT2D eigenvalue weighted by molar-refractivity contribution is 5.95. The van der Waals surface area contributed by atoms with Crippen molar-refractivity contribution in [3.8, 4) is 0 Å². The lowest BCUT2D eigenvalue weighted by molar-refractivity contribution is -0.118. The van der Waals surface area contributed by atoms with Gasteiger partial charge in [0.2, 0.25) is 5.91 Å². The van der Waals surface area contributed by atoms with E-state index in [9.17, 15) is 4.79 Å². The van der Waals surface area contributed by atoms with Gasteiger partial charge in [0.1, 0.15) is 0 Å². The van der Waals surface area contributed by atoms with E-state index in [4.69, 9.17) is 0 Å². The molecule has 5 heteroatoms. The summed E-state index contributed by atoms with van der Waals surface area (Å²) in [7, 11) is 0.